The molecule has 1 fully saturated rings. The molecule has 1 heterocycles. The van der Waals surface area contributed by atoms with E-state index in [0.29, 0.717) is 5.75 Å². The molecule has 0 spiro atoms. The largest absolute Gasteiger partial charge is 0.479 e. The third-order valence-corrected chi connectivity index (χ3v) is 3.18. The molecular formula is C7H9F2NO3S. The number of rotatable bonds is 3. The summed E-state index contributed by atoms with van der Waals surface area (Å²) in [4.78, 5) is 21.5. The summed E-state index contributed by atoms with van der Waals surface area (Å²) in [5.74, 6) is -2.08. The first-order valence-electron chi connectivity index (χ1n) is 3.89. The lowest BCUT2D eigenvalue weighted by Gasteiger charge is -2.24. The highest BCUT2D eigenvalue weighted by Crippen LogP contribution is 2.28. The summed E-state index contributed by atoms with van der Waals surface area (Å²) in [6.07, 6.45) is -2.98. The van der Waals surface area contributed by atoms with Gasteiger partial charge in [-0.25, -0.2) is 4.79 Å². The maximum Gasteiger partial charge on any atom is 0.330 e. The predicted octanol–water partition coefficient (Wildman–Crippen LogP) is 0.328. The number of thioether (sulfide) groups is 1. The molecule has 2 N–H and O–H groups in total. The predicted molar refractivity (Wildman–Crippen MR) is 46.5 cm³/mol. The highest BCUT2D eigenvalue weighted by atomic mass is 32.2. The molecule has 0 radical (unpaired) electrons. The lowest BCUT2D eigenvalue weighted by atomic mass is 9.99. The van der Waals surface area contributed by atoms with Gasteiger partial charge in [0, 0.05) is 5.75 Å². The van der Waals surface area contributed by atoms with E-state index in [-0.39, 0.29) is 12.2 Å². The second kappa shape index (κ2) is 4.12. The van der Waals surface area contributed by atoms with Crippen LogP contribution in [0.5, 0.6) is 0 Å². The summed E-state index contributed by atoms with van der Waals surface area (Å²) < 4.78 is 23.8. The van der Waals surface area contributed by atoms with Crippen LogP contribution in [0, 0.1) is 0 Å². The van der Waals surface area contributed by atoms with Crippen LogP contribution >= 0.6 is 11.8 Å². The fourth-order valence-corrected chi connectivity index (χ4v) is 2.50. The summed E-state index contributed by atoms with van der Waals surface area (Å²) in [5.41, 5.74) is -1.50. The van der Waals surface area contributed by atoms with Crippen LogP contribution in [0.2, 0.25) is 0 Å². The third-order valence-electron chi connectivity index (χ3n) is 1.99. The van der Waals surface area contributed by atoms with Gasteiger partial charge in [0.05, 0.1) is 0 Å². The van der Waals surface area contributed by atoms with Gasteiger partial charge in [0.1, 0.15) is 5.54 Å². The number of aliphatic carboxylic acids is 1. The van der Waals surface area contributed by atoms with E-state index in [1.807, 2.05) is 5.32 Å². The molecule has 7 heteroatoms. The van der Waals surface area contributed by atoms with Gasteiger partial charge in [-0.1, -0.05) is 0 Å². The van der Waals surface area contributed by atoms with Crippen LogP contribution in [0.1, 0.15) is 6.42 Å². The van der Waals surface area contributed by atoms with Crippen molar-refractivity contribution in [2.45, 2.75) is 18.4 Å². The van der Waals surface area contributed by atoms with Crippen molar-refractivity contribution >= 4 is 23.6 Å². The molecule has 1 aliphatic heterocycles. The van der Waals surface area contributed by atoms with Gasteiger partial charge in [-0.05, 0) is 12.2 Å². The zero-order chi connectivity index (χ0) is 10.8. The van der Waals surface area contributed by atoms with Crippen molar-refractivity contribution in [1.29, 1.82) is 0 Å². The summed E-state index contributed by atoms with van der Waals surface area (Å²) in [7, 11) is 0. The molecule has 0 bridgehead atoms. The molecule has 4 nitrogen and oxygen atoms in total. The molecular weight excluding hydrogens is 216 g/mol. The second-order valence-electron chi connectivity index (χ2n) is 2.98. The Bertz CT molecular complexity index is 253. The lowest BCUT2D eigenvalue weighted by molar-refractivity contribution is -0.148. The summed E-state index contributed by atoms with van der Waals surface area (Å²) in [5, 5.41) is 10.7. The fourth-order valence-electron chi connectivity index (χ4n) is 1.18. The average molecular weight is 225 g/mol. The number of carbonyl (C=O) groups excluding carboxylic acids is 1. The number of carboxylic acids is 1. The van der Waals surface area contributed by atoms with Gasteiger partial charge in [0.15, 0.2) is 0 Å². The molecule has 1 unspecified atom stereocenters. The Morgan fingerprint density at radius 1 is 1.50 bits per heavy atom. The van der Waals surface area contributed by atoms with Gasteiger partial charge in [-0.3, -0.25) is 4.79 Å². The Balaban J connectivity index is 2.70. The van der Waals surface area contributed by atoms with E-state index in [9.17, 15) is 18.4 Å². The van der Waals surface area contributed by atoms with Crippen LogP contribution in [-0.4, -0.2) is 40.5 Å². The van der Waals surface area contributed by atoms with Gasteiger partial charge in [0.2, 0.25) is 0 Å². The monoisotopic (exact) mass is 225 g/mol. The van der Waals surface area contributed by atoms with Crippen molar-refractivity contribution < 1.29 is 23.5 Å². The van der Waals surface area contributed by atoms with Crippen LogP contribution in [0.3, 0.4) is 0 Å². The summed E-state index contributed by atoms with van der Waals surface area (Å²) in [6, 6.07) is 0. The van der Waals surface area contributed by atoms with E-state index >= 15 is 0 Å². The molecule has 1 saturated heterocycles. The van der Waals surface area contributed by atoms with Crippen molar-refractivity contribution in [2.75, 3.05) is 11.5 Å². The molecule has 0 saturated carbocycles. The minimum atomic E-state index is -3.17. The second-order valence-corrected chi connectivity index (χ2v) is 4.08. The summed E-state index contributed by atoms with van der Waals surface area (Å²) in [6.45, 7) is 0. The van der Waals surface area contributed by atoms with Gasteiger partial charge in [-0.15, -0.1) is 0 Å². The minimum absolute atomic E-state index is 0.140. The van der Waals surface area contributed by atoms with Crippen LogP contribution in [0.25, 0.3) is 0 Å². The SMILES string of the molecule is O=C(NC1(C(=O)O)CCSC1)C(F)F. The number of amides is 1. The zero-order valence-electron chi connectivity index (χ0n) is 7.13. The molecule has 0 aliphatic carbocycles. The molecule has 80 valence electrons. The zero-order valence-corrected chi connectivity index (χ0v) is 7.94. The van der Waals surface area contributed by atoms with E-state index in [2.05, 4.69) is 0 Å². The fraction of sp³-hybridized carbons (Fsp3) is 0.714. The Kier molecular flexibility index (Phi) is 3.30. The van der Waals surface area contributed by atoms with E-state index in [4.69, 9.17) is 5.11 Å². The number of alkyl halides is 2. The van der Waals surface area contributed by atoms with Gasteiger partial charge in [0.25, 0.3) is 5.91 Å². The molecule has 1 atom stereocenters. The van der Waals surface area contributed by atoms with Crippen molar-refractivity contribution in [1.82, 2.24) is 5.32 Å². The highest BCUT2D eigenvalue weighted by molar-refractivity contribution is 7.99. The van der Waals surface area contributed by atoms with E-state index in [1.165, 1.54) is 11.8 Å². The Labute approximate surface area is 83.0 Å². The maximum absolute atomic E-state index is 11.9. The minimum Gasteiger partial charge on any atom is -0.479 e. The molecule has 0 aromatic heterocycles. The number of carboxylic acid groups (broad SMARTS) is 1. The van der Waals surface area contributed by atoms with Crippen LogP contribution < -0.4 is 5.32 Å². The van der Waals surface area contributed by atoms with Gasteiger partial charge in [-0.2, -0.15) is 20.5 Å². The molecule has 1 rings (SSSR count). The van der Waals surface area contributed by atoms with Crippen molar-refractivity contribution in [3.8, 4) is 0 Å². The topological polar surface area (TPSA) is 66.4 Å². The first-order chi connectivity index (χ1) is 6.48. The number of hydrogen-bond donors (Lipinski definition) is 2. The first kappa shape index (κ1) is 11.2. The number of hydrogen-bond acceptors (Lipinski definition) is 3. The van der Waals surface area contributed by atoms with E-state index in [0.717, 1.165) is 0 Å². The average Bonchev–Trinajstić information content (AvgIpc) is 2.53. The van der Waals surface area contributed by atoms with Crippen molar-refractivity contribution in [3.05, 3.63) is 0 Å². The highest BCUT2D eigenvalue weighted by Gasteiger charge is 2.44. The lowest BCUT2D eigenvalue weighted by Crippen LogP contribution is -2.56. The number of carbonyl (C=O) groups is 2. The Hall–Kier alpha value is -0.850. The standard InChI is InChI=1S/C7H9F2NO3S/c8-4(9)5(11)10-7(6(12)13)1-2-14-3-7/h4H,1-3H2,(H,10,11)(H,12,13). The molecule has 1 aliphatic rings. The smallest absolute Gasteiger partial charge is 0.330 e. The molecule has 0 aromatic carbocycles. The Morgan fingerprint density at radius 3 is 2.50 bits per heavy atom. The third kappa shape index (κ3) is 2.14. The van der Waals surface area contributed by atoms with E-state index < -0.39 is 23.8 Å². The number of nitrogens with one attached hydrogen (secondary N) is 1. The number of halogens is 2. The van der Waals surface area contributed by atoms with Crippen LogP contribution in [-0.2, 0) is 9.59 Å². The maximum atomic E-state index is 11.9. The molecule has 0 aromatic rings. The van der Waals surface area contributed by atoms with E-state index in [1.54, 1.807) is 0 Å². The van der Waals surface area contributed by atoms with Gasteiger partial charge < -0.3 is 10.4 Å². The van der Waals surface area contributed by atoms with Crippen LogP contribution in [0.4, 0.5) is 8.78 Å². The summed E-state index contributed by atoms with van der Waals surface area (Å²) >= 11 is 1.32. The Morgan fingerprint density at radius 2 is 2.14 bits per heavy atom. The quantitative estimate of drug-likeness (QED) is 0.726. The normalized spacial score (nSPS) is 26.5. The van der Waals surface area contributed by atoms with Gasteiger partial charge >= 0.3 is 12.4 Å². The van der Waals surface area contributed by atoms with Crippen LogP contribution in [0.15, 0.2) is 0 Å². The first-order valence-corrected chi connectivity index (χ1v) is 5.05. The van der Waals surface area contributed by atoms with Crippen molar-refractivity contribution in [2.24, 2.45) is 0 Å². The van der Waals surface area contributed by atoms with Crippen molar-refractivity contribution in [3.63, 3.8) is 0 Å². The molecule has 14 heavy (non-hydrogen) atoms. The molecule has 1 amide bonds.